The summed E-state index contributed by atoms with van der Waals surface area (Å²) >= 11 is 3.32. The highest BCUT2D eigenvalue weighted by Gasteiger charge is 2.26. The molecule has 0 aromatic carbocycles. The molecule has 5 heteroatoms. The lowest BCUT2D eigenvalue weighted by Crippen LogP contribution is -2.36. The van der Waals surface area contributed by atoms with Crippen LogP contribution in [0.25, 0.3) is 0 Å². The lowest BCUT2D eigenvalue weighted by Gasteiger charge is -2.22. The van der Waals surface area contributed by atoms with Gasteiger partial charge in [-0.3, -0.25) is 9.89 Å². The summed E-state index contributed by atoms with van der Waals surface area (Å²) in [6, 6.07) is 0.155. The van der Waals surface area contributed by atoms with E-state index in [9.17, 15) is 4.79 Å². The zero-order valence-electron chi connectivity index (χ0n) is 8.66. The van der Waals surface area contributed by atoms with Crippen molar-refractivity contribution in [2.45, 2.75) is 32.4 Å². The van der Waals surface area contributed by atoms with E-state index in [1.54, 1.807) is 6.34 Å². The van der Waals surface area contributed by atoms with Gasteiger partial charge in [0.25, 0.3) is 0 Å². The monoisotopic (exact) mass is 262 g/mol. The second kappa shape index (κ2) is 4.29. The molecule has 1 aliphatic heterocycles. The average molecular weight is 263 g/mol. The quantitative estimate of drug-likeness (QED) is 0.679. The van der Waals surface area contributed by atoms with Crippen molar-refractivity contribution in [3.05, 3.63) is 0 Å². The summed E-state index contributed by atoms with van der Waals surface area (Å²) in [5.74, 6) is 0. The van der Waals surface area contributed by atoms with E-state index in [-0.39, 0.29) is 12.1 Å². The largest absolute Gasteiger partial charge is 0.443 e. The highest BCUT2D eigenvalue weighted by Crippen LogP contribution is 2.13. The molecule has 0 N–H and O–H groups in total. The van der Waals surface area contributed by atoms with Crippen molar-refractivity contribution in [3.8, 4) is 0 Å². The summed E-state index contributed by atoms with van der Waals surface area (Å²) in [4.78, 5) is 17.2. The first-order valence-corrected chi connectivity index (χ1v) is 5.63. The molecule has 14 heavy (non-hydrogen) atoms. The average Bonchev–Trinajstić information content (AvgIpc) is 2.48. The van der Waals surface area contributed by atoms with Crippen molar-refractivity contribution in [3.63, 3.8) is 0 Å². The summed E-state index contributed by atoms with van der Waals surface area (Å²) in [6.07, 6.45) is 1.21. The Morgan fingerprint density at radius 1 is 1.71 bits per heavy atom. The van der Waals surface area contributed by atoms with Crippen molar-refractivity contribution in [1.29, 1.82) is 0 Å². The van der Waals surface area contributed by atoms with E-state index >= 15 is 0 Å². The number of carbonyl (C=O) groups excluding carboxylic acids is 1. The van der Waals surface area contributed by atoms with Crippen LogP contribution >= 0.6 is 15.9 Å². The maximum atomic E-state index is 11.5. The van der Waals surface area contributed by atoms with Crippen LogP contribution in [0.2, 0.25) is 0 Å². The van der Waals surface area contributed by atoms with Crippen molar-refractivity contribution < 1.29 is 9.53 Å². The molecule has 0 aromatic rings. The molecule has 1 aliphatic rings. The fourth-order valence-electron chi connectivity index (χ4n) is 1.03. The summed E-state index contributed by atoms with van der Waals surface area (Å²) in [6.45, 7) is 6.14. The van der Waals surface area contributed by atoms with Crippen molar-refractivity contribution in [2.24, 2.45) is 4.99 Å². The Morgan fingerprint density at radius 3 is 2.79 bits per heavy atom. The molecule has 1 amide bonds. The lowest BCUT2D eigenvalue weighted by molar-refractivity contribution is 0.0385. The van der Waals surface area contributed by atoms with Gasteiger partial charge in [-0.15, -0.1) is 0 Å². The van der Waals surface area contributed by atoms with Crippen molar-refractivity contribution in [2.75, 3.05) is 11.9 Å². The molecule has 1 atom stereocenters. The Morgan fingerprint density at radius 2 is 2.36 bits per heavy atom. The SMILES string of the molecule is CC(C)(C)OC(=O)N1C=NC(CBr)C1. The smallest absolute Gasteiger partial charge is 0.415 e. The Kier molecular flexibility index (Phi) is 3.53. The molecule has 4 nitrogen and oxygen atoms in total. The predicted octanol–water partition coefficient (Wildman–Crippen LogP) is 2.03. The summed E-state index contributed by atoms with van der Waals surface area (Å²) in [5.41, 5.74) is -0.447. The zero-order chi connectivity index (χ0) is 10.8. The van der Waals surface area contributed by atoms with Crippen LogP contribution < -0.4 is 0 Å². The Labute approximate surface area is 92.5 Å². The molecule has 1 rings (SSSR count). The van der Waals surface area contributed by atoms with Crippen LogP contribution in [0, 0.1) is 0 Å². The molecule has 1 heterocycles. The maximum Gasteiger partial charge on any atom is 0.415 e. The standard InChI is InChI=1S/C9H15BrN2O2/c1-9(2,3)14-8(13)12-5-7(4-10)11-6-12/h6-7H,4-5H2,1-3H3. The maximum absolute atomic E-state index is 11.5. The minimum atomic E-state index is -0.447. The third-order valence-electron chi connectivity index (χ3n) is 1.63. The first-order chi connectivity index (χ1) is 6.42. The first-order valence-electron chi connectivity index (χ1n) is 4.51. The van der Waals surface area contributed by atoms with Gasteiger partial charge in [0.15, 0.2) is 0 Å². The van der Waals surface area contributed by atoms with Gasteiger partial charge in [0.05, 0.1) is 18.9 Å². The van der Waals surface area contributed by atoms with Gasteiger partial charge in [-0.25, -0.2) is 4.79 Å². The van der Waals surface area contributed by atoms with E-state index in [1.807, 2.05) is 20.8 Å². The fraction of sp³-hybridized carbons (Fsp3) is 0.778. The fourth-order valence-corrected chi connectivity index (χ4v) is 1.40. The van der Waals surface area contributed by atoms with E-state index < -0.39 is 5.60 Å². The number of rotatable bonds is 1. The lowest BCUT2D eigenvalue weighted by atomic mass is 10.2. The number of halogens is 1. The number of hydrogen-bond acceptors (Lipinski definition) is 3. The summed E-state index contributed by atoms with van der Waals surface area (Å²) in [5, 5.41) is 0.767. The number of carbonyl (C=O) groups is 1. The number of ether oxygens (including phenoxy) is 1. The molecular formula is C9H15BrN2O2. The van der Waals surface area contributed by atoms with Crippen LogP contribution in [-0.4, -0.2) is 40.8 Å². The van der Waals surface area contributed by atoms with Crippen LogP contribution in [0.15, 0.2) is 4.99 Å². The molecular weight excluding hydrogens is 248 g/mol. The van der Waals surface area contributed by atoms with Crippen molar-refractivity contribution in [1.82, 2.24) is 4.90 Å². The molecule has 0 radical (unpaired) electrons. The third-order valence-corrected chi connectivity index (χ3v) is 2.38. The number of nitrogens with zero attached hydrogens (tertiary/aromatic N) is 2. The van der Waals surface area contributed by atoms with Gasteiger partial charge in [0.2, 0.25) is 0 Å². The van der Waals surface area contributed by atoms with Crippen LogP contribution in [0.5, 0.6) is 0 Å². The molecule has 0 saturated heterocycles. The molecule has 1 unspecified atom stereocenters. The van der Waals surface area contributed by atoms with Crippen LogP contribution in [0.1, 0.15) is 20.8 Å². The summed E-state index contributed by atoms with van der Waals surface area (Å²) in [7, 11) is 0. The first kappa shape index (κ1) is 11.5. The van der Waals surface area contributed by atoms with Crippen molar-refractivity contribution >= 4 is 28.4 Å². The highest BCUT2D eigenvalue weighted by molar-refractivity contribution is 9.09. The van der Waals surface area contributed by atoms with E-state index in [1.165, 1.54) is 4.90 Å². The number of alkyl halides is 1. The van der Waals surface area contributed by atoms with E-state index in [0.29, 0.717) is 6.54 Å². The highest BCUT2D eigenvalue weighted by atomic mass is 79.9. The topological polar surface area (TPSA) is 41.9 Å². The molecule has 0 aromatic heterocycles. The summed E-state index contributed by atoms with van der Waals surface area (Å²) < 4.78 is 5.19. The molecule has 80 valence electrons. The second-order valence-corrected chi connectivity index (χ2v) is 4.85. The molecule has 0 bridgehead atoms. The van der Waals surface area contributed by atoms with E-state index in [2.05, 4.69) is 20.9 Å². The molecule has 0 aliphatic carbocycles. The Bertz CT molecular complexity index is 248. The zero-order valence-corrected chi connectivity index (χ0v) is 10.2. The minimum Gasteiger partial charge on any atom is -0.443 e. The van der Waals surface area contributed by atoms with Gasteiger partial charge < -0.3 is 4.74 Å². The Hall–Kier alpha value is -0.580. The third kappa shape index (κ3) is 3.29. The molecule has 0 spiro atoms. The van der Waals surface area contributed by atoms with Gasteiger partial charge in [-0.1, -0.05) is 15.9 Å². The minimum absolute atomic E-state index is 0.155. The van der Waals surface area contributed by atoms with Gasteiger partial charge in [-0.05, 0) is 20.8 Å². The van der Waals surface area contributed by atoms with Gasteiger partial charge >= 0.3 is 6.09 Å². The second-order valence-electron chi connectivity index (χ2n) is 4.21. The predicted molar refractivity (Wildman–Crippen MR) is 59.0 cm³/mol. The van der Waals surface area contributed by atoms with Gasteiger partial charge in [0.1, 0.15) is 5.60 Å². The Balaban J connectivity index is 2.45. The van der Waals surface area contributed by atoms with Crippen LogP contribution in [-0.2, 0) is 4.74 Å². The number of amides is 1. The number of aliphatic imine (C=N–C) groups is 1. The van der Waals surface area contributed by atoms with E-state index in [4.69, 9.17) is 4.74 Å². The molecule has 0 fully saturated rings. The normalized spacial score (nSPS) is 21.4. The van der Waals surface area contributed by atoms with Crippen LogP contribution in [0.3, 0.4) is 0 Å². The van der Waals surface area contributed by atoms with Crippen LogP contribution in [0.4, 0.5) is 4.79 Å². The van der Waals surface area contributed by atoms with Gasteiger partial charge in [-0.2, -0.15) is 0 Å². The molecule has 0 saturated carbocycles. The van der Waals surface area contributed by atoms with E-state index in [0.717, 1.165) is 5.33 Å². The number of hydrogen-bond donors (Lipinski definition) is 0. The van der Waals surface area contributed by atoms with Gasteiger partial charge in [0, 0.05) is 5.33 Å².